The van der Waals surface area contributed by atoms with Gasteiger partial charge in [-0.15, -0.1) is 6.42 Å². The molecule has 1 aromatic heterocycles. The van der Waals surface area contributed by atoms with Gasteiger partial charge in [0.1, 0.15) is 12.4 Å². The van der Waals surface area contributed by atoms with Gasteiger partial charge in [-0.1, -0.05) is 24.1 Å². The third kappa shape index (κ3) is 2.97. The number of hydrogen-bond donors (Lipinski definition) is 2. The molecular formula is C21H19N5O3. The maximum atomic E-state index is 6.06. The molecule has 0 unspecified atom stereocenters. The van der Waals surface area contributed by atoms with Crippen molar-refractivity contribution in [2.45, 2.75) is 12.6 Å². The zero-order chi connectivity index (χ0) is 19.8. The number of aromatic nitrogens is 2. The molecule has 2 aromatic carbocycles. The quantitative estimate of drug-likeness (QED) is 0.668. The minimum atomic E-state index is -0.463. The van der Waals surface area contributed by atoms with Crippen LogP contribution in [0.3, 0.4) is 0 Å². The molecule has 0 radical (unpaired) electrons. The van der Waals surface area contributed by atoms with Crippen LogP contribution in [0, 0.1) is 12.3 Å². The average Bonchev–Trinajstić information content (AvgIpc) is 2.91. The van der Waals surface area contributed by atoms with E-state index in [1.54, 1.807) is 0 Å². The van der Waals surface area contributed by atoms with E-state index in [9.17, 15) is 0 Å². The molecule has 29 heavy (non-hydrogen) atoms. The fraction of sp³-hybridized carbons (Fsp3) is 0.238. The number of terminal acetylenes is 1. The van der Waals surface area contributed by atoms with Crippen molar-refractivity contribution in [3.05, 3.63) is 42.0 Å². The van der Waals surface area contributed by atoms with Crippen LogP contribution in [-0.2, 0) is 0 Å². The summed E-state index contributed by atoms with van der Waals surface area (Å²) >= 11 is 0. The number of para-hydroxylation sites is 1. The Labute approximate surface area is 167 Å². The van der Waals surface area contributed by atoms with Gasteiger partial charge >= 0.3 is 0 Å². The first-order valence-electron chi connectivity index (χ1n) is 9.31. The van der Waals surface area contributed by atoms with Crippen LogP contribution in [-0.4, -0.2) is 35.3 Å². The lowest BCUT2D eigenvalue weighted by Crippen LogP contribution is -2.31. The molecule has 3 N–H and O–H groups in total. The number of anilines is 1. The number of rotatable bonds is 3. The first-order valence-corrected chi connectivity index (χ1v) is 9.31. The smallest absolute Gasteiger partial charge is 0.212 e. The number of fused-ring (bicyclic) bond motifs is 4. The number of benzene rings is 2. The largest absolute Gasteiger partial charge is 0.489 e. The second-order valence-corrected chi connectivity index (χ2v) is 6.69. The highest BCUT2D eigenvalue weighted by Crippen LogP contribution is 2.40. The maximum Gasteiger partial charge on any atom is 0.212 e. The summed E-state index contributed by atoms with van der Waals surface area (Å²) in [6, 6.07) is 11.4. The standard InChI is InChI=1S/C21H19N5O3/c1-2-8-27-16-7-4-3-6-13(16)19-24-20(22)25-21-23-14-11-17-18(12-15(14)26(19)21)29-10-5-9-28-17/h1,3-4,6-7,11-12,19H,5,8-10H2,(H3,22,23,24,25)/t19-/m0/s1. The first kappa shape index (κ1) is 17.3. The van der Waals surface area contributed by atoms with E-state index in [-0.39, 0.29) is 12.6 Å². The van der Waals surface area contributed by atoms with Crippen molar-refractivity contribution in [3.63, 3.8) is 0 Å². The van der Waals surface area contributed by atoms with Crippen LogP contribution in [0.5, 0.6) is 17.2 Å². The van der Waals surface area contributed by atoms with E-state index in [4.69, 9.17) is 31.4 Å². The number of aliphatic imine (C=N–C) groups is 1. The summed E-state index contributed by atoms with van der Waals surface area (Å²) in [6.07, 6.45) is 5.74. The fourth-order valence-corrected chi connectivity index (χ4v) is 3.58. The normalized spacial score (nSPS) is 17.5. The molecule has 2 aliphatic rings. The third-order valence-corrected chi connectivity index (χ3v) is 4.81. The Hall–Kier alpha value is -3.86. The predicted octanol–water partition coefficient (Wildman–Crippen LogP) is 2.50. The summed E-state index contributed by atoms with van der Waals surface area (Å²) in [6.45, 7) is 1.38. The summed E-state index contributed by atoms with van der Waals surface area (Å²) < 4.78 is 19.4. The van der Waals surface area contributed by atoms with Crippen molar-refractivity contribution in [1.82, 2.24) is 9.55 Å². The zero-order valence-corrected chi connectivity index (χ0v) is 15.6. The van der Waals surface area contributed by atoms with Crippen LogP contribution in [0.15, 0.2) is 41.4 Å². The molecule has 0 amide bonds. The number of guanidine groups is 1. The summed E-state index contributed by atoms with van der Waals surface area (Å²) in [5, 5.41) is 3.04. The highest BCUT2D eigenvalue weighted by atomic mass is 16.5. The summed E-state index contributed by atoms with van der Waals surface area (Å²) in [5.74, 6) is 5.39. The lowest BCUT2D eigenvalue weighted by molar-refractivity contribution is 0.297. The molecule has 146 valence electrons. The fourth-order valence-electron chi connectivity index (χ4n) is 3.58. The second kappa shape index (κ2) is 6.95. The van der Waals surface area contributed by atoms with E-state index in [0.717, 1.165) is 23.0 Å². The van der Waals surface area contributed by atoms with Gasteiger partial charge in [-0.05, 0) is 6.07 Å². The number of nitrogens with one attached hydrogen (secondary N) is 1. The Morgan fingerprint density at radius 1 is 1.24 bits per heavy atom. The highest BCUT2D eigenvalue weighted by Gasteiger charge is 2.28. The minimum absolute atomic E-state index is 0.164. The van der Waals surface area contributed by atoms with Gasteiger partial charge in [0.15, 0.2) is 23.6 Å². The van der Waals surface area contributed by atoms with Crippen LogP contribution < -0.4 is 25.3 Å². The molecule has 0 aliphatic carbocycles. The van der Waals surface area contributed by atoms with Crippen molar-refractivity contribution in [1.29, 1.82) is 0 Å². The van der Waals surface area contributed by atoms with Gasteiger partial charge in [-0.25, -0.2) is 9.98 Å². The molecule has 0 spiro atoms. The van der Waals surface area contributed by atoms with Crippen molar-refractivity contribution < 1.29 is 14.2 Å². The van der Waals surface area contributed by atoms with Gasteiger partial charge < -0.3 is 19.9 Å². The highest BCUT2D eigenvalue weighted by molar-refractivity contribution is 5.95. The summed E-state index contributed by atoms with van der Waals surface area (Å²) in [4.78, 5) is 9.31. The molecule has 0 saturated heterocycles. The van der Waals surface area contributed by atoms with E-state index in [1.807, 2.05) is 41.0 Å². The Balaban J connectivity index is 1.68. The van der Waals surface area contributed by atoms with Crippen LogP contribution in [0.4, 0.5) is 5.95 Å². The lowest BCUT2D eigenvalue weighted by atomic mass is 10.1. The zero-order valence-electron chi connectivity index (χ0n) is 15.6. The van der Waals surface area contributed by atoms with Crippen molar-refractivity contribution >= 4 is 22.9 Å². The molecule has 0 saturated carbocycles. The van der Waals surface area contributed by atoms with Crippen LogP contribution in [0.2, 0.25) is 0 Å². The Bertz CT molecular complexity index is 1160. The minimum Gasteiger partial charge on any atom is -0.489 e. The monoisotopic (exact) mass is 389 g/mol. The van der Waals surface area contributed by atoms with Gasteiger partial charge in [0, 0.05) is 24.1 Å². The van der Waals surface area contributed by atoms with Gasteiger partial charge in [0.2, 0.25) is 5.95 Å². The third-order valence-electron chi connectivity index (χ3n) is 4.81. The average molecular weight is 389 g/mol. The topological polar surface area (TPSA) is 95.9 Å². The van der Waals surface area contributed by atoms with E-state index in [2.05, 4.69) is 16.2 Å². The van der Waals surface area contributed by atoms with Gasteiger partial charge in [0.25, 0.3) is 0 Å². The molecule has 5 rings (SSSR count). The molecule has 2 aliphatic heterocycles. The number of hydrogen-bond acceptors (Lipinski definition) is 7. The van der Waals surface area contributed by atoms with Crippen LogP contribution in [0.25, 0.3) is 11.0 Å². The number of nitrogens with two attached hydrogens (primary N) is 1. The van der Waals surface area contributed by atoms with Crippen LogP contribution >= 0.6 is 0 Å². The Kier molecular flexibility index (Phi) is 4.13. The SMILES string of the molecule is C#CCOc1ccccc1[C@H]1N=C(N)Nc2nc3cc4c(cc3n21)OCCCO4. The van der Waals surface area contributed by atoms with Crippen molar-refractivity contribution in [2.24, 2.45) is 10.7 Å². The molecular weight excluding hydrogens is 370 g/mol. The van der Waals surface area contributed by atoms with Gasteiger partial charge in [-0.2, -0.15) is 0 Å². The Morgan fingerprint density at radius 2 is 2.03 bits per heavy atom. The molecule has 3 heterocycles. The summed E-state index contributed by atoms with van der Waals surface area (Å²) in [7, 11) is 0. The molecule has 0 bridgehead atoms. The predicted molar refractivity (Wildman–Crippen MR) is 109 cm³/mol. The summed E-state index contributed by atoms with van der Waals surface area (Å²) in [5.41, 5.74) is 8.50. The number of nitrogens with zero attached hydrogens (tertiary/aromatic N) is 3. The molecule has 8 heteroatoms. The van der Waals surface area contributed by atoms with Crippen molar-refractivity contribution in [2.75, 3.05) is 25.1 Å². The van der Waals surface area contributed by atoms with E-state index in [0.29, 0.717) is 36.4 Å². The van der Waals surface area contributed by atoms with E-state index >= 15 is 0 Å². The Morgan fingerprint density at radius 3 is 2.86 bits per heavy atom. The number of ether oxygens (including phenoxy) is 3. The first-order chi connectivity index (χ1) is 14.2. The van der Waals surface area contributed by atoms with Crippen molar-refractivity contribution in [3.8, 4) is 29.6 Å². The molecule has 0 fully saturated rings. The molecule has 8 nitrogen and oxygen atoms in total. The van der Waals surface area contributed by atoms with Crippen LogP contribution in [0.1, 0.15) is 18.2 Å². The second-order valence-electron chi connectivity index (χ2n) is 6.69. The lowest BCUT2D eigenvalue weighted by Gasteiger charge is -2.25. The van der Waals surface area contributed by atoms with E-state index in [1.165, 1.54) is 0 Å². The van der Waals surface area contributed by atoms with E-state index < -0.39 is 6.17 Å². The van der Waals surface area contributed by atoms with Gasteiger partial charge in [-0.3, -0.25) is 9.88 Å². The number of imidazole rings is 1. The molecule has 3 aromatic rings. The molecule has 1 atom stereocenters. The maximum absolute atomic E-state index is 6.06. The van der Waals surface area contributed by atoms with Gasteiger partial charge in [0.05, 0.1) is 24.2 Å².